The summed E-state index contributed by atoms with van der Waals surface area (Å²) in [6.07, 6.45) is 2.49. The second-order valence-electron chi connectivity index (χ2n) is 6.56. The lowest BCUT2D eigenvalue weighted by molar-refractivity contribution is 0.150. The summed E-state index contributed by atoms with van der Waals surface area (Å²) in [5, 5.41) is 3.30. The minimum atomic E-state index is -0.0683. The van der Waals surface area contributed by atoms with Crippen LogP contribution in [0.2, 0.25) is 0 Å². The van der Waals surface area contributed by atoms with Gasteiger partial charge in [0.25, 0.3) is 0 Å². The summed E-state index contributed by atoms with van der Waals surface area (Å²) < 4.78 is 14.0. The molecule has 3 heteroatoms. The van der Waals surface area contributed by atoms with Gasteiger partial charge in [-0.05, 0) is 55.9 Å². The van der Waals surface area contributed by atoms with E-state index in [2.05, 4.69) is 31.0 Å². The highest BCUT2D eigenvalue weighted by Crippen LogP contribution is 2.25. The molecule has 2 nitrogen and oxygen atoms in total. The molecular formula is C18H29FN2. The van der Waals surface area contributed by atoms with Crippen LogP contribution in [0.4, 0.5) is 4.39 Å². The Morgan fingerprint density at radius 3 is 2.62 bits per heavy atom. The van der Waals surface area contributed by atoms with Gasteiger partial charge in [-0.25, -0.2) is 4.39 Å². The molecule has 2 rings (SSSR count). The van der Waals surface area contributed by atoms with Gasteiger partial charge in [0, 0.05) is 18.7 Å². The van der Waals surface area contributed by atoms with Crippen molar-refractivity contribution in [2.24, 2.45) is 11.8 Å². The monoisotopic (exact) mass is 292 g/mol. The van der Waals surface area contributed by atoms with E-state index in [0.29, 0.717) is 0 Å². The first-order valence-corrected chi connectivity index (χ1v) is 8.30. The van der Waals surface area contributed by atoms with Gasteiger partial charge in [0.05, 0.1) is 0 Å². The molecule has 21 heavy (non-hydrogen) atoms. The molecule has 1 heterocycles. The Morgan fingerprint density at radius 2 is 2.00 bits per heavy atom. The summed E-state index contributed by atoms with van der Waals surface area (Å²) in [5.74, 6) is 1.54. The first kappa shape index (κ1) is 16.4. The average molecular weight is 292 g/mol. The molecule has 0 aliphatic carbocycles. The van der Waals surface area contributed by atoms with Crippen molar-refractivity contribution in [1.82, 2.24) is 10.2 Å². The Labute approximate surface area is 128 Å². The van der Waals surface area contributed by atoms with Gasteiger partial charge >= 0.3 is 0 Å². The summed E-state index contributed by atoms with van der Waals surface area (Å²) in [6.45, 7) is 11.4. The number of halogens is 1. The van der Waals surface area contributed by atoms with E-state index in [1.54, 1.807) is 6.07 Å². The van der Waals surface area contributed by atoms with E-state index in [1.807, 2.05) is 12.1 Å². The van der Waals surface area contributed by atoms with E-state index >= 15 is 0 Å². The highest BCUT2D eigenvalue weighted by Gasteiger charge is 2.22. The summed E-state index contributed by atoms with van der Waals surface area (Å²) in [6, 6.07) is 5.52. The maximum atomic E-state index is 14.0. The van der Waals surface area contributed by atoms with Crippen LogP contribution in [0.15, 0.2) is 18.2 Å². The molecule has 1 saturated heterocycles. The Balaban J connectivity index is 1.93. The summed E-state index contributed by atoms with van der Waals surface area (Å²) in [4.78, 5) is 2.40. The quantitative estimate of drug-likeness (QED) is 0.858. The first-order chi connectivity index (χ1) is 10.1. The summed E-state index contributed by atoms with van der Waals surface area (Å²) >= 11 is 0. The van der Waals surface area contributed by atoms with Gasteiger partial charge in [0.1, 0.15) is 5.82 Å². The predicted molar refractivity (Wildman–Crippen MR) is 86.6 cm³/mol. The van der Waals surface area contributed by atoms with Crippen LogP contribution in [-0.4, -0.2) is 24.5 Å². The van der Waals surface area contributed by atoms with E-state index < -0.39 is 0 Å². The lowest BCUT2D eigenvalue weighted by Crippen LogP contribution is -2.35. The lowest BCUT2D eigenvalue weighted by Gasteiger charge is -2.34. The van der Waals surface area contributed by atoms with Gasteiger partial charge in [0.2, 0.25) is 0 Å². The number of nitrogens with one attached hydrogen (secondary N) is 1. The van der Waals surface area contributed by atoms with Crippen LogP contribution >= 0.6 is 0 Å². The number of hydrogen-bond acceptors (Lipinski definition) is 2. The molecular weight excluding hydrogens is 263 g/mol. The third-order valence-corrected chi connectivity index (χ3v) is 4.66. The van der Waals surface area contributed by atoms with Crippen molar-refractivity contribution in [3.8, 4) is 0 Å². The minimum absolute atomic E-state index is 0.0683. The van der Waals surface area contributed by atoms with E-state index in [4.69, 9.17) is 0 Å². The number of rotatable bonds is 6. The van der Waals surface area contributed by atoms with Gasteiger partial charge in [0.15, 0.2) is 0 Å². The molecule has 0 aromatic heterocycles. The van der Waals surface area contributed by atoms with Crippen molar-refractivity contribution >= 4 is 0 Å². The van der Waals surface area contributed by atoms with E-state index in [-0.39, 0.29) is 5.82 Å². The average Bonchev–Trinajstić information content (AvgIpc) is 2.48. The smallest absolute Gasteiger partial charge is 0.127 e. The van der Waals surface area contributed by atoms with Gasteiger partial charge in [-0.2, -0.15) is 0 Å². The standard InChI is InChI=1S/C18H29FN2/c1-4-20-12-15-5-6-18(19)17(11-15)13-21-9-7-16(8-10-21)14(2)3/h5-6,11,14,16,20H,4,7-10,12-13H2,1-3H3. The Kier molecular flexibility index (Phi) is 6.19. The molecule has 0 saturated carbocycles. The largest absolute Gasteiger partial charge is 0.313 e. The van der Waals surface area contributed by atoms with Crippen molar-refractivity contribution in [1.29, 1.82) is 0 Å². The number of likely N-dealkylation sites (tertiary alicyclic amines) is 1. The van der Waals surface area contributed by atoms with Crippen LogP contribution < -0.4 is 5.32 Å². The SMILES string of the molecule is CCNCc1ccc(F)c(CN2CCC(C(C)C)CC2)c1. The molecule has 1 N–H and O–H groups in total. The Morgan fingerprint density at radius 1 is 1.29 bits per heavy atom. The molecule has 0 radical (unpaired) electrons. The molecule has 1 aromatic rings. The Bertz CT molecular complexity index is 437. The predicted octanol–water partition coefficient (Wildman–Crippen LogP) is 3.80. The van der Waals surface area contributed by atoms with Crippen LogP contribution in [0.25, 0.3) is 0 Å². The zero-order chi connectivity index (χ0) is 15.2. The molecule has 0 unspecified atom stereocenters. The van der Waals surface area contributed by atoms with Gasteiger partial charge in [-0.15, -0.1) is 0 Å². The fourth-order valence-corrected chi connectivity index (χ4v) is 3.15. The normalized spacial score (nSPS) is 17.6. The second kappa shape index (κ2) is 7.90. The number of hydrogen-bond donors (Lipinski definition) is 1. The maximum absolute atomic E-state index is 14.0. The van der Waals surface area contributed by atoms with Gasteiger partial charge in [-0.3, -0.25) is 4.90 Å². The summed E-state index contributed by atoms with van der Waals surface area (Å²) in [5.41, 5.74) is 2.01. The third kappa shape index (κ3) is 4.79. The molecule has 0 atom stereocenters. The van der Waals surface area contributed by atoms with Crippen molar-refractivity contribution < 1.29 is 4.39 Å². The van der Waals surface area contributed by atoms with E-state index in [9.17, 15) is 4.39 Å². The van der Waals surface area contributed by atoms with Crippen LogP contribution in [0.3, 0.4) is 0 Å². The molecule has 0 amide bonds. The molecule has 1 fully saturated rings. The van der Waals surface area contributed by atoms with Crippen molar-refractivity contribution in [3.63, 3.8) is 0 Å². The third-order valence-electron chi connectivity index (χ3n) is 4.66. The number of piperidine rings is 1. The van der Waals surface area contributed by atoms with Crippen LogP contribution in [0.1, 0.15) is 44.7 Å². The highest BCUT2D eigenvalue weighted by molar-refractivity contribution is 5.25. The van der Waals surface area contributed by atoms with Crippen molar-refractivity contribution in [2.45, 2.75) is 46.7 Å². The topological polar surface area (TPSA) is 15.3 Å². The lowest BCUT2D eigenvalue weighted by atomic mass is 9.86. The second-order valence-corrected chi connectivity index (χ2v) is 6.56. The molecule has 0 spiro atoms. The fraction of sp³-hybridized carbons (Fsp3) is 0.667. The first-order valence-electron chi connectivity index (χ1n) is 8.30. The van der Waals surface area contributed by atoms with Crippen LogP contribution in [-0.2, 0) is 13.1 Å². The van der Waals surface area contributed by atoms with Crippen LogP contribution in [0, 0.1) is 17.7 Å². The van der Waals surface area contributed by atoms with Gasteiger partial charge in [-0.1, -0.05) is 32.9 Å². The molecule has 1 aliphatic rings. The number of benzene rings is 1. The van der Waals surface area contributed by atoms with Crippen LogP contribution in [0.5, 0.6) is 0 Å². The van der Waals surface area contributed by atoms with E-state index in [1.165, 1.54) is 18.4 Å². The zero-order valence-corrected chi connectivity index (χ0v) is 13.7. The van der Waals surface area contributed by atoms with Crippen molar-refractivity contribution in [3.05, 3.63) is 35.1 Å². The summed E-state index contributed by atoms with van der Waals surface area (Å²) in [7, 11) is 0. The Hall–Kier alpha value is -0.930. The van der Waals surface area contributed by atoms with E-state index in [0.717, 1.165) is 50.1 Å². The zero-order valence-electron chi connectivity index (χ0n) is 13.7. The highest BCUT2D eigenvalue weighted by atomic mass is 19.1. The molecule has 118 valence electrons. The van der Waals surface area contributed by atoms with Gasteiger partial charge < -0.3 is 5.32 Å². The number of nitrogens with zero attached hydrogens (tertiary/aromatic N) is 1. The van der Waals surface area contributed by atoms with Crippen molar-refractivity contribution in [2.75, 3.05) is 19.6 Å². The molecule has 1 aromatic carbocycles. The molecule has 0 bridgehead atoms. The minimum Gasteiger partial charge on any atom is -0.313 e. The molecule has 1 aliphatic heterocycles. The fourth-order valence-electron chi connectivity index (χ4n) is 3.15. The maximum Gasteiger partial charge on any atom is 0.127 e.